The van der Waals surface area contributed by atoms with Gasteiger partial charge in [-0.1, -0.05) is 0 Å². The summed E-state index contributed by atoms with van der Waals surface area (Å²) < 4.78 is 7.11. The van der Waals surface area contributed by atoms with E-state index in [1.165, 1.54) is 13.2 Å². The molecule has 132 valence electrons. The van der Waals surface area contributed by atoms with Crippen LogP contribution in [0.15, 0.2) is 30.9 Å². The first-order valence-corrected chi connectivity index (χ1v) is 8.21. The van der Waals surface area contributed by atoms with Gasteiger partial charge < -0.3 is 19.7 Å². The number of carboxylic acids is 1. The van der Waals surface area contributed by atoms with E-state index in [0.29, 0.717) is 11.1 Å². The second-order valence-electron chi connectivity index (χ2n) is 6.26. The van der Waals surface area contributed by atoms with Gasteiger partial charge in [-0.3, -0.25) is 4.79 Å². The molecule has 0 unspecified atom stereocenters. The van der Waals surface area contributed by atoms with E-state index >= 15 is 0 Å². The minimum atomic E-state index is -1.12. The lowest BCUT2D eigenvalue weighted by atomic mass is 10.0. The highest BCUT2D eigenvalue weighted by Crippen LogP contribution is 2.30. The molecule has 3 rings (SSSR count). The number of imidazole rings is 1. The Labute approximate surface area is 145 Å². The highest BCUT2D eigenvalue weighted by Gasteiger charge is 2.30. The van der Waals surface area contributed by atoms with Crippen molar-refractivity contribution >= 4 is 11.9 Å². The largest absolute Gasteiger partial charge is 0.496 e. The van der Waals surface area contributed by atoms with Crippen molar-refractivity contribution < 1.29 is 19.4 Å². The molecule has 1 saturated carbocycles. The maximum Gasteiger partial charge on any atom is 0.339 e. The van der Waals surface area contributed by atoms with E-state index in [9.17, 15) is 14.7 Å². The van der Waals surface area contributed by atoms with Crippen LogP contribution in [0.1, 0.15) is 51.6 Å². The summed E-state index contributed by atoms with van der Waals surface area (Å²) in [6, 6.07) is 3.13. The highest BCUT2D eigenvalue weighted by atomic mass is 16.5. The molecule has 7 nitrogen and oxygen atoms in total. The monoisotopic (exact) mass is 343 g/mol. The van der Waals surface area contributed by atoms with Crippen molar-refractivity contribution in [2.45, 2.75) is 38.3 Å². The molecule has 0 bridgehead atoms. The molecule has 1 amide bonds. The number of benzene rings is 1. The third-order valence-corrected chi connectivity index (χ3v) is 4.73. The molecule has 0 aliphatic heterocycles. The van der Waals surface area contributed by atoms with Crippen molar-refractivity contribution in [1.82, 2.24) is 14.9 Å². The average molecular weight is 343 g/mol. The minimum absolute atomic E-state index is 0.00326. The fraction of sp³-hybridized carbons (Fsp3) is 0.389. The summed E-state index contributed by atoms with van der Waals surface area (Å²) in [7, 11) is 1.41. The fourth-order valence-electron chi connectivity index (χ4n) is 3.44. The third-order valence-electron chi connectivity index (χ3n) is 4.73. The summed E-state index contributed by atoms with van der Waals surface area (Å²) in [5.74, 6) is -1.14. The molecule has 1 aliphatic carbocycles. The fourth-order valence-corrected chi connectivity index (χ4v) is 3.44. The number of rotatable bonds is 5. The predicted octanol–water partition coefficient (Wildman–Crippen LogP) is 2.42. The maximum atomic E-state index is 12.7. The minimum Gasteiger partial charge on any atom is -0.496 e. The zero-order valence-corrected chi connectivity index (χ0v) is 14.2. The van der Waals surface area contributed by atoms with Gasteiger partial charge in [-0.25, -0.2) is 9.78 Å². The van der Waals surface area contributed by atoms with E-state index in [2.05, 4.69) is 10.3 Å². The van der Waals surface area contributed by atoms with Crippen LogP contribution in [-0.4, -0.2) is 39.7 Å². The lowest BCUT2D eigenvalue weighted by Crippen LogP contribution is -2.38. The normalized spacial score (nSPS) is 19.6. The number of aromatic nitrogens is 2. The van der Waals surface area contributed by atoms with E-state index in [1.54, 1.807) is 25.5 Å². The Kier molecular flexibility index (Phi) is 4.74. The predicted molar refractivity (Wildman–Crippen MR) is 91.1 cm³/mol. The van der Waals surface area contributed by atoms with E-state index in [4.69, 9.17) is 4.74 Å². The lowest BCUT2D eigenvalue weighted by molar-refractivity contribution is 0.0693. The van der Waals surface area contributed by atoms with Gasteiger partial charge in [0, 0.05) is 24.0 Å². The molecule has 25 heavy (non-hydrogen) atoms. The Morgan fingerprint density at radius 1 is 1.32 bits per heavy atom. The molecule has 0 spiro atoms. The van der Waals surface area contributed by atoms with Gasteiger partial charge in [-0.2, -0.15) is 0 Å². The second-order valence-corrected chi connectivity index (χ2v) is 6.26. The summed E-state index contributed by atoms with van der Waals surface area (Å²) in [5.41, 5.74) is 1.02. The lowest BCUT2D eigenvalue weighted by Gasteiger charge is -2.22. The van der Waals surface area contributed by atoms with E-state index in [1.807, 2.05) is 10.8 Å². The molecule has 1 heterocycles. The van der Waals surface area contributed by atoms with Gasteiger partial charge in [0.25, 0.3) is 5.91 Å². The molecule has 0 radical (unpaired) electrons. The van der Waals surface area contributed by atoms with Crippen LogP contribution in [-0.2, 0) is 0 Å². The number of carbonyl (C=O) groups excluding carboxylic acids is 1. The number of methoxy groups -OCH3 is 1. The van der Waals surface area contributed by atoms with Crippen LogP contribution in [0.2, 0.25) is 0 Å². The number of carbonyl (C=O) groups is 2. The zero-order valence-electron chi connectivity index (χ0n) is 14.2. The number of hydrogen-bond donors (Lipinski definition) is 2. The molecule has 7 heteroatoms. The highest BCUT2D eigenvalue weighted by molar-refractivity contribution is 6.00. The van der Waals surface area contributed by atoms with Gasteiger partial charge >= 0.3 is 5.97 Å². The Hall–Kier alpha value is -2.83. The Morgan fingerprint density at radius 3 is 2.76 bits per heavy atom. The van der Waals surface area contributed by atoms with Gasteiger partial charge in [-0.15, -0.1) is 0 Å². The van der Waals surface area contributed by atoms with Crippen LogP contribution in [0, 0.1) is 6.92 Å². The third kappa shape index (κ3) is 3.35. The van der Waals surface area contributed by atoms with Crippen molar-refractivity contribution in [3.63, 3.8) is 0 Å². The summed E-state index contributed by atoms with van der Waals surface area (Å²) in [4.78, 5) is 28.2. The Balaban J connectivity index is 1.83. The molecule has 1 aromatic carbocycles. The number of ether oxygens (including phenoxy) is 1. The van der Waals surface area contributed by atoms with Crippen LogP contribution < -0.4 is 10.1 Å². The van der Waals surface area contributed by atoms with E-state index in [0.717, 1.165) is 19.3 Å². The molecule has 1 aromatic heterocycles. The number of nitrogens with one attached hydrogen (secondary N) is 1. The maximum absolute atomic E-state index is 12.7. The molecule has 2 atom stereocenters. The van der Waals surface area contributed by atoms with Crippen LogP contribution in [0.25, 0.3) is 0 Å². The molecule has 1 aliphatic rings. The number of nitrogens with zero attached hydrogens (tertiary/aromatic N) is 2. The van der Waals surface area contributed by atoms with E-state index in [-0.39, 0.29) is 29.3 Å². The topological polar surface area (TPSA) is 93.5 Å². The van der Waals surface area contributed by atoms with Crippen molar-refractivity contribution in [2.75, 3.05) is 7.11 Å². The number of aromatic carboxylic acids is 1. The quantitative estimate of drug-likeness (QED) is 0.869. The summed E-state index contributed by atoms with van der Waals surface area (Å²) >= 11 is 0. The number of aryl methyl sites for hydroxylation is 1. The van der Waals surface area contributed by atoms with Gasteiger partial charge in [0.05, 0.1) is 19.5 Å². The van der Waals surface area contributed by atoms with Crippen molar-refractivity contribution in [3.8, 4) is 5.75 Å². The molecule has 2 aromatic rings. The standard InChI is InChI=1S/C18H21N3O4/c1-11-8-16(25-2)13(18(23)24)9-12(11)17(22)20-14-4-3-5-15(14)21-7-6-19-10-21/h6-10,14-15H,3-5H2,1-2H3,(H,20,22)(H,23,24)/t14-,15+/m1/s1. The summed E-state index contributed by atoms with van der Waals surface area (Å²) in [6.45, 7) is 1.77. The zero-order chi connectivity index (χ0) is 18.0. The van der Waals surface area contributed by atoms with Gasteiger partial charge in [-0.05, 0) is 43.9 Å². The average Bonchev–Trinajstić information content (AvgIpc) is 3.24. The van der Waals surface area contributed by atoms with E-state index < -0.39 is 5.97 Å². The van der Waals surface area contributed by atoms with Crippen LogP contribution in [0.4, 0.5) is 0 Å². The number of hydrogen-bond acceptors (Lipinski definition) is 4. The Bertz CT molecular complexity index is 786. The summed E-state index contributed by atoms with van der Waals surface area (Å²) in [6.07, 6.45) is 8.27. The molecule has 1 fully saturated rings. The van der Waals surface area contributed by atoms with Crippen LogP contribution in [0.3, 0.4) is 0 Å². The first-order valence-electron chi connectivity index (χ1n) is 8.21. The van der Waals surface area contributed by atoms with Gasteiger partial charge in [0.1, 0.15) is 11.3 Å². The molecular weight excluding hydrogens is 322 g/mol. The molecule has 2 N–H and O–H groups in total. The van der Waals surface area contributed by atoms with Crippen molar-refractivity contribution in [2.24, 2.45) is 0 Å². The smallest absolute Gasteiger partial charge is 0.339 e. The Morgan fingerprint density at radius 2 is 2.12 bits per heavy atom. The van der Waals surface area contributed by atoms with Crippen LogP contribution >= 0.6 is 0 Å². The van der Waals surface area contributed by atoms with Crippen LogP contribution in [0.5, 0.6) is 5.75 Å². The number of carboxylic acid groups (broad SMARTS) is 1. The SMILES string of the molecule is COc1cc(C)c(C(=O)N[C@@H]2CCC[C@@H]2n2ccnc2)cc1C(=O)O. The van der Waals surface area contributed by atoms with Gasteiger partial charge in [0.15, 0.2) is 0 Å². The molecular formula is C18H21N3O4. The first kappa shape index (κ1) is 17.0. The molecule has 0 saturated heterocycles. The van der Waals surface area contributed by atoms with Crippen molar-refractivity contribution in [3.05, 3.63) is 47.5 Å². The second kappa shape index (κ2) is 6.96. The number of amides is 1. The summed E-state index contributed by atoms with van der Waals surface area (Å²) in [5, 5.41) is 12.4. The van der Waals surface area contributed by atoms with Gasteiger partial charge in [0.2, 0.25) is 0 Å². The van der Waals surface area contributed by atoms with Crippen molar-refractivity contribution in [1.29, 1.82) is 0 Å². The first-order chi connectivity index (χ1) is 12.0.